The van der Waals surface area contributed by atoms with Crippen LogP contribution in [0, 0.1) is 5.92 Å². The van der Waals surface area contributed by atoms with Crippen LogP contribution in [0.25, 0.3) is 10.9 Å². The molecule has 1 heterocycles. The second-order valence-electron chi connectivity index (χ2n) is 4.59. The van der Waals surface area contributed by atoms with E-state index >= 15 is 0 Å². The van der Waals surface area contributed by atoms with E-state index in [4.69, 9.17) is 11.6 Å². The molecule has 1 aliphatic rings. The van der Waals surface area contributed by atoms with Crippen LogP contribution in [-0.4, -0.2) is 9.78 Å². The molecule has 1 saturated carbocycles. The van der Waals surface area contributed by atoms with Crippen LogP contribution >= 0.6 is 11.6 Å². The van der Waals surface area contributed by atoms with Crippen molar-refractivity contribution in [3.05, 3.63) is 28.9 Å². The summed E-state index contributed by atoms with van der Waals surface area (Å²) in [5, 5.41) is 6.70. The number of halogens is 1. The first kappa shape index (κ1) is 10.2. The van der Waals surface area contributed by atoms with Crippen molar-refractivity contribution in [1.82, 2.24) is 9.78 Å². The number of nitrogens with zero attached hydrogens (tertiary/aromatic N) is 2. The maximum absolute atomic E-state index is 6.04. The van der Waals surface area contributed by atoms with Gasteiger partial charge in [0.2, 0.25) is 0 Å². The van der Waals surface area contributed by atoms with Crippen molar-refractivity contribution in [2.75, 3.05) is 0 Å². The molecule has 0 N–H and O–H groups in total. The first-order valence-corrected chi connectivity index (χ1v) is 6.30. The van der Waals surface area contributed by atoms with Crippen molar-refractivity contribution >= 4 is 22.5 Å². The highest BCUT2D eigenvalue weighted by molar-refractivity contribution is 6.31. The van der Waals surface area contributed by atoms with Gasteiger partial charge >= 0.3 is 0 Å². The number of benzene rings is 1. The Bertz CT molecular complexity index is 526. The van der Waals surface area contributed by atoms with Crippen LogP contribution in [0.15, 0.2) is 18.2 Å². The molecular formula is C13H15ClN2. The van der Waals surface area contributed by atoms with Gasteiger partial charge in [-0.25, -0.2) is 0 Å². The van der Waals surface area contributed by atoms with Crippen LogP contribution in [0.3, 0.4) is 0 Å². The molecule has 84 valence electrons. The molecule has 1 aromatic carbocycles. The molecule has 1 fully saturated rings. The zero-order valence-corrected chi connectivity index (χ0v) is 10.2. The summed E-state index contributed by atoms with van der Waals surface area (Å²) in [6, 6.07) is 6.08. The SMILES string of the molecule is CCc1nn(CC2CC2)c2ccc(Cl)cc12. The van der Waals surface area contributed by atoms with Gasteiger partial charge in [0.15, 0.2) is 0 Å². The summed E-state index contributed by atoms with van der Waals surface area (Å²) < 4.78 is 2.15. The molecule has 0 bridgehead atoms. The molecule has 16 heavy (non-hydrogen) atoms. The first-order valence-electron chi connectivity index (χ1n) is 5.93. The largest absolute Gasteiger partial charge is 0.264 e. The summed E-state index contributed by atoms with van der Waals surface area (Å²) in [4.78, 5) is 0. The number of fused-ring (bicyclic) bond motifs is 1. The molecule has 0 spiro atoms. The lowest BCUT2D eigenvalue weighted by atomic mass is 10.2. The monoisotopic (exact) mass is 234 g/mol. The Kier molecular flexibility index (Phi) is 2.40. The van der Waals surface area contributed by atoms with Crippen molar-refractivity contribution in [3.63, 3.8) is 0 Å². The average Bonchev–Trinajstić information content (AvgIpc) is 3.01. The normalized spacial score (nSPS) is 15.9. The smallest absolute Gasteiger partial charge is 0.0701 e. The number of hydrogen-bond acceptors (Lipinski definition) is 1. The first-order chi connectivity index (χ1) is 7.78. The minimum absolute atomic E-state index is 0.799. The van der Waals surface area contributed by atoms with E-state index in [9.17, 15) is 0 Å². The van der Waals surface area contributed by atoms with Gasteiger partial charge in [-0.3, -0.25) is 4.68 Å². The molecule has 0 radical (unpaired) electrons. The third-order valence-electron chi connectivity index (χ3n) is 3.25. The standard InChI is InChI=1S/C13H15ClN2/c1-2-12-11-7-10(14)5-6-13(11)16(15-12)8-9-3-4-9/h5-7,9H,2-4,8H2,1H3. The van der Waals surface area contributed by atoms with E-state index < -0.39 is 0 Å². The van der Waals surface area contributed by atoms with Gasteiger partial charge in [-0.05, 0) is 43.4 Å². The van der Waals surface area contributed by atoms with E-state index in [2.05, 4.69) is 22.8 Å². The third kappa shape index (κ3) is 1.71. The number of hydrogen-bond donors (Lipinski definition) is 0. The van der Waals surface area contributed by atoms with E-state index in [1.165, 1.54) is 23.7 Å². The molecule has 0 saturated heterocycles. The van der Waals surface area contributed by atoms with Crippen LogP contribution in [0.2, 0.25) is 5.02 Å². The molecule has 0 aliphatic heterocycles. The second kappa shape index (κ2) is 3.77. The Morgan fingerprint density at radius 2 is 2.25 bits per heavy atom. The van der Waals surface area contributed by atoms with Crippen molar-refractivity contribution in [3.8, 4) is 0 Å². The summed E-state index contributed by atoms with van der Waals surface area (Å²) in [5.41, 5.74) is 2.39. The summed E-state index contributed by atoms with van der Waals surface area (Å²) in [6.07, 6.45) is 3.68. The highest BCUT2D eigenvalue weighted by Gasteiger charge is 2.23. The van der Waals surface area contributed by atoms with Gasteiger partial charge < -0.3 is 0 Å². The summed E-state index contributed by atoms with van der Waals surface area (Å²) in [5.74, 6) is 0.850. The minimum Gasteiger partial charge on any atom is -0.264 e. The molecule has 1 aromatic heterocycles. The third-order valence-corrected chi connectivity index (χ3v) is 3.49. The lowest BCUT2D eigenvalue weighted by Gasteiger charge is -2.00. The van der Waals surface area contributed by atoms with Crippen LogP contribution in [0.1, 0.15) is 25.5 Å². The molecule has 0 unspecified atom stereocenters. The molecular weight excluding hydrogens is 220 g/mol. The predicted octanol–water partition coefficient (Wildman–Crippen LogP) is 3.66. The number of aryl methyl sites for hydroxylation is 1. The Balaban J connectivity index is 2.13. The zero-order chi connectivity index (χ0) is 11.1. The molecule has 2 aromatic rings. The topological polar surface area (TPSA) is 17.8 Å². The van der Waals surface area contributed by atoms with Crippen molar-refractivity contribution in [2.45, 2.75) is 32.7 Å². The van der Waals surface area contributed by atoms with Gasteiger partial charge in [0.25, 0.3) is 0 Å². The Morgan fingerprint density at radius 1 is 1.44 bits per heavy atom. The fourth-order valence-corrected chi connectivity index (χ4v) is 2.34. The Hall–Kier alpha value is -1.02. The quantitative estimate of drug-likeness (QED) is 0.793. The molecule has 0 atom stereocenters. The lowest BCUT2D eigenvalue weighted by molar-refractivity contribution is 0.574. The van der Waals surface area contributed by atoms with Gasteiger partial charge in [-0.1, -0.05) is 18.5 Å². The Morgan fingerprint density at radius 3 is 2.94 bits per heavy atom. The minimum atomic E-state index is 0.799. The van der Waals surface area contributed by atoms with Crippen molar-refractivity contribution < 1.29 is 0 Å². The molecule has 0 amide bonds. The van der Waals surface area contributed by atoms with E-state index in [0.717, 1.165) is 29.6 Å². The molecule has 2 nitrogen and oxygen atoms in total. The lowest BCUT2D eigenvalue weighted by Crippen LogP contribution is -2.01. The van der Waals surface area contributed by atoms with Crippen LogP contribution in [0.5, 0.6) is 0 Å². The number of aromatic nitrogens is 2. The summed E-state index contributed by atoms with van der Waals surface area (Å²) in [7, 11) is 0. The maximum Gasteiger partial charge on any atom is 0.0701 e. The fourth-order valence-electron chi connectivity index (χ4n) is 2.16. The van der Waals surface area contributed by atoms with Gasteiger partial charge in [0, 0.05) is 17.0 Å². The van der Waals surface area contributed by atoms with Crippen LogP contribution in [0.4, 0.5) is 0 Å². The van der Waals surface area contributed by atoms with Crippen LogP contribution in [-0.2, 0) is 13.0 Å². The van der Waals surface area contributed by atoms with E-state index in [-0.39, 0.29) is 0 Å². The maximum atomic E-state index is 6.04. The molecule has 3 rings (SSSR count). The molecule has 1 aliphatic carbocycles. The summed E-state index contributed by atoms with van der Waals surface area (Å²) in [6.45, 7) is 3.21. The van der Waals surface area contributed by atoms with Crippen LogP contribution < -0.4 is 0 Å². The highest BCUT2D eigenvalue weighted by Crippen LogP contribution is 2.32. The second-order valence-corrected chi connectivity index (χ2v) is 5.02. The van der Waals surface area contributed by atoms with Gasteiger partial charge in [0.1, 0.15) is 0 Å². The van der Waals surface area contributed by atoms with E-state index in [1.54, 1.807) is 0 Å². The zero-order valence-electron chi connectivity index (χ0n) is 9.41. The number of rotatable bonds is 3. The van der Waals surface area contributed by atoms with Crippen molar-refractivity contribution in [2.24, 2.45) is 5.92 Å². The van der Waals surface area contributed by atoms with Gasteiger partial charge in [-0.2, -0.15) is 5.10 Å². The summed E-state index contributed by atoms with van der Waals surface area (Å²) >= 11 is 6.04. The van der Waals surface area contributed by atoms with Gasteiger partial charge in [0.05, 0.1) is 11.2 Å². The van der Waals surface area contributed by atoms with Gasteiger partial charge in [-0.15, -0.1) is 0 Å². The fraction of sp³-hybridized carbons (Fsp3) is 0.462. The average molecular weight is 235 g/mol. The van der Waals surface area contributed by atoms with E-state index in [1.807, 2.05) is 12.1 Å². The van der Waals surface area contributed by atoms with Crippen molar-refractivity contribution in [1.29, 1.82) is 0 Å². The van der Waals surface area contributed by atoms with E-state index in [0.29, 0.717) is 0 Å². The highest BCUT2D eigenvalue weighted by atomic mass is 35.5. The Labute approximate surface area is 100 Å². The predicted molar refractivity (Wildman–Crippen MR) is 66.8 cm³/mol. The molecule has 3 heteroatoms.